The fourth-order valence-electron chi connectivity index (χ4n) is 0.716. The highest BCUT2D eigenvalue weighted by Crippen LogP contribution is 2.16. The van der Waals surface area contributed by atoms with Gasteiger partial charge in [0.1, 0.15) is 5.69 Å². The van der Waals surface area contributed by atoms with Crippen LogP contribution in [0.2, 0.25) is 0 Å². The number of pyridine rings is 1. The van der Waals surface area contributed by atoms with Gasteiger partial charge in [0.05, 0.1) is 7.11 Å². The quantitative estimate of drug-likeness (QED) is 0.626. The molecule has 0 aliphatic rings. The van der Waals surface area contributed by atoms with Crippen molar-refractivity contribution in [3.63, 3.8) is 0 Å². The summed E-state index contributed by atoms with van der Waals surface area (Å²) >= 11 is 0. The highest BCUT2D eigenvalue weighted by molar-refractivity contribution is 5.73. The molecule has 0 spiro atoms. The van der Waals surface area contributed by atoms with Crippen molar-refractivity contribution in [2.75, 3.05) is 12.8 Å². The van der Waals surface area contributed by atoms with E-state index in [0.717, 1.165) is 0 Å². The number of rotatable bonds is 2. The van der Waals surface area contributed by atoms with Crippen LogP contribution in [0.25, 0.3) is 0 Å². The van der Waals surface area contributed by atoms with Crippen LogP contribution in [0.3, 0.4) is 0 Å². The Bertz CT molecular complexity index is 273. The van der Waals surface area contributed by atoms with E-state index < -0.39 is 0 Å². The molecule has 0 atom stereocenters. The summed E-state index contributed by atoms with van der Waals surface area (Å²) in [5.74, 6) is 0.715. The van der Waals surface area contributed by atoms with Gasteiger partial charge in [-0.25, -0.2) is 4.98 Å². The SMILES string of the molecule is COc1ccc(C=O)nc1N. The average Bonchev–Trinajstić information content (AvgIpc) is 2.04. The Morgan fingerprint density at radius 3 is 2.82 bits per heavy atom. The molecule has 4 nitrogen and oxygen atoms in total. The van der Waals surface area contributed by atoms with Crippen LogP contribution >= 0.6 is 0 Å². The molecule has 0 bridgehead atoms. The van der Waals surface area contributed by atoms with Crippen molar-refractivity contribution in [1.82, 2.24) is 4.98 Å². The average molecular weight is 152 g/mol. The maximum atomic E-state index is 10.2. The largest absolute Gasteiger partial charge is 0.493 e. The van der Waals surface area contributed by atoms with E-state index >= 15 is 0 Å². The first-order valence-corrected chi connectivity index (χ1v) is 3.03. The van der Waals surface area contributed by atoms with E-state index in [1.54, 1.807) is 12.1 Å². The van der Waals surface area contributed by atoms with Crippen molar-refractivity contribution in [2.24, 2.45) is 0 Å². The van der Waals surface area contributed by atoms with E-state index in [4.69, 9.17) is 10.5 Å². The molecule has 0 saturated carbocycles. The standard InChI is InChI=1S/C7H8N2O2/c1-11-6-3-2-5(4-10)9-7(6)8/h2-4H,1H3,(H2,8,9). The van der Waals surface area contributed by atoms with Crippen LogP contribution in [0.15, 0.2) is 12.1 Å². The van der Waals surface area contributed by atoms with Gasteiger partial charge >= 0.3 is 0 Å². The Kier molecular flexibility index (Phi) is 2.06. The summed E-state index contributed by atoms with van der Waals surface area (Å²) in [4.78, 5) is 13.9. The lowest BCUT2D eigenvalue weighted by Crippen LogP contribution is -1.97. The number of carbonyl (C=O) groups is 1. The highest BCUT2D eigenvalue weighted by atomic mass is 16.5. The summed E-state index contributed by atoms with van der Waals surface area (Å²) in [5, 5.41) is 0. The predicted molar refractivity (Wildman–Crippen MR) is 40.6 cm³/mol. The number of nitrogens with two attached hydrogens (primary N) is 1. The van der Waals surface area contributed by atoms with Gasteiger partial charge in [0, 0.05) is 0 Å². The van der Waals surface area contributed by atoms with Crippen LogP contribution < -0.4 is 10.5 Å². The molecule has 0 aromatic carbocycles. The van der Waals surface area contributed by atoms with Crippen LogP contribution in [0.5, 0.6) is 5.75 Å². The third kappa shape index (κ3) is 1.46. The second-order valence-corrected chi connectivity index (χ2v) is 1.94. The molecule has 58 valence electrons. The second-order valence-electron chi connectivity index (χ2n) is 1.94. The molecule has 2 N–H and O–H groups in total. The van der Waals surface area contributed by atoms with Gasteiger partial charge in [-0.1, -0.05) is 0 Å². The van der Waals surface area contributed by atoms with Gasteiger partial charge in [-0.2, -0.15) is 0 Å². The van der Waals surface area contributed by atoms with Crippen molar-refractivity contribution < 1.29 is 9.53 Å². The number of carbonyl (C=O) groups excluding carboxylic acids is 1. The van der Waals surface area contributed by atoms with Crippen LogP contribution in [0.4, 0.5) is 5.82 Å². The maximum Gasteiger partial charge on any atom is 0.168 e. The first-order valence-electron chi connectivity index (χ1n) is 3.03. The number of anilines is 1. The smallest absolute Gasteiger partial charge is 0.168 e. The molecule has 0 aliphatic heterocycles. The van der Waals surface area contributed by atoms with Crippen LogP contribution in [-0.2, 0) is 0 Å². The Balaban J connectivity index is 3.09. The molecule has 0 aliphatic carbocycles. The van der Waals surface area contributed by atoms with Crippen LogP contribution in [-0.4, -0.2) is 18.4 Å². The second kappa shape index (κ2) is 3.01. The fourth-order valence-corrected chi connectivity index (χ4v) is 0.716. The molecule has 4 heteroatoms. The molecular weight excluding hydrogens is 144 g/mol. The first-order chi connectivity index (χ1) is 5.27. The number of hydrogen-bond acceptors (Lipinski definition) is 4. The monoisotopic (exact) mass is 152 g/mol. The Morgan fingerprint density at radius 2 is 2.36 bits per heavy atom. The maximum absolute atomic E-state index is 10.2. The molecule has 0 saturated heterocycles. The topological polar surface area (TPSA) is 65.2 Å². The molecule has 11 heavy (non-hydrogen) atoms. The normalized spacial score (nSPS) is 9.18. The van der Waals surface area contributed by atoms with Gasteiger partial charge in [-0.05, 0) is 12.1 Å². The van der Waals surface area contributed by atoms with Gasteiger partial charge in [0.2, 0.25) is 0 Å². The number of nitrogens with zero attached hydrogens (tertiary/aromatic N) is 1. The Hall–Kier alpha value is -1.58. The summed E-state index contributed by atoms with van der Waals surface area (Å²) < 4.78 is 4.84. The van der Waals surface area contributed by atoms with Crippen molar-refractivity contribution in [3.8, 4) is 5.75 Å². The Labute approximate surface area is 64.0 Å². The molecule has 1 aromatic heterocycles. The van der Waals surface area contributed by atoms with E-state index in [1.165, 1.54) is 7.11 Å². The molecule has 0 fully saturated rings. The van der Waals surface area contributed by atoms with Crippen molar-refractivity contribution >= 4 is 12.1 Å². The van der Waals surface area contributed by atoms with Crippen molar-refractivity contribution in [3.05, 3.63) is 17.8 Å². The summed E-state index contributed by atoms with van der Waals surface area (Å²) in [6.45, 7) is 0. The fraction of sp³-hybridized carbons (Fsp3) is 0.143. The zero-order valence-corrected chi connectivity index (χ0v) is 6.07. The number of aromatic nitrogens is 1. The minimum absolute atomic E-state index is 0.233. The molecular formula is C7H8N2O2. The lowest BCUT2D eigenvalue weighted by Gasteiger charge is -2.01. The van der Waals surface area contributed by atoms with E-state index in [1.807, 2.05) is 0 Å². The first kappa shape index (κ1) is 7.53. The molecule has 1 aromatic rings. The number of aldehydes is 1. The van der Waals surface area contributed by atoms with Crippen LogP contribution in [0, 0.1) is 0 Å². The number of methoxy groups -OCH3 is 1. The number of ether oxygens (including phenoxy) is 1. The van der Waals surface area contributed by atoms with E-state index in [-0.39, 0.29) is 5.82 Å². The van der Waals surface area contributed by atoms with E-state index in [9.17, 15) is 4.79 Å². The molecule has 1 rings (SSSR count). The third-order valence-corrected chi connectivity index (χ3v) is 1.25. The number of nitrogen functional groups attached to an aromatic ring is 1. The van der Waals surface area contributed by atoms with Gasteiger partial charge in [-0.3, -0.25) is 4.79 Å². The van der Waals surface area contributed by atoms with Crippen molar-refractivity contribution in [1.29, 1.82) is 0 Å². The van der Waals surface area contributed by atoms with E-state index in [2.05, 4.69) is 4.98 Å². The summed E-state index contributed by atoms with van der Waals surface area (Å²) in [6.07, 6.45) is 0.635. The summed E-state index contributed by atoms with van der Waals surface area (Å²) in [5.41, 5.74) is 5.72. The Morgan fingerprint density at radius 1 is 1.64 bits per heavy atom. The molecule has 1 heterocycles. The van der Waals surface area contributed by atoms with Crippen LogP contribution in [0.1, 0.15) is 10.5 Å². The van der Waals surface area contributed by atoms with Gasteiger partial charge in [0.25, 0.3) is 0 Å². The molecule has 0 amide bonds. The highest BCUT2D eigenvalue weighted by Gasteiger charge is 1.99. The zero-order valence-electron chi connectivity index (χ0n) is 6.07. The molecule has 0 radical (unpaired) electrons. The van der Waals surface area contributed by atoms with Gasteiger partial charge in [-0.15, -0.1) is 0 Å². The van der Waals surface area contributed by atoms with Gasteiger partial charge < -0.3 is 10.5 Å². The minimum Gasteiger partial charge on any atom is -0.493 e. The zero-order chi connectivity index (χ0) is 8.27. The predicted octanol–water partition coefficient (Wildman–Crippen LogP) is 0.485. The third-order valence-electron chi connectivity index (χ3n) is 1.25. The summed E-state index contributed by atoms with van der Waals surface area (Å²) in [6, 6.07) is 3.15. The number of hydrogen-bond donors (Lipinski definition) is 1. The molecule has 0 unspecified atom stereocenters. The summed E-state index contributed by atoms with van der Waals surface area (Å²) in [7, 11) is 1.49. The van der Waals surface area contributed by atoms with E-state index in [0.29, 0.717) is 17.7 Å². The lowest BCUT2D eigenvalue weighted by molar-refractivity contribution is 0.111. The minimum atomic E-state index is 0.233. The lowest BCUT2D eigenvalue weighted by atomic mass is 10.3. The van der Waals surface area contributed by atoms with Gasteiger partial charge in [0.15, 0.2) is 17.9 Å². The van der Waals surface area contributed by atoms with Crippen molar-refractivity contribution in [2.45, 2.75) is 0 Å².